The minimum absolute atomic E-state index is 0.140. The van der Waals surface area contributed by atoms with Crippen molar-refractivity contribution in [2.45, 2.75) is 31.7 Å². The zero-order chi connectivity index (χ0) is 9.42. The number of amides is 2. The van der Waals surface area contributed by atoms with Gasteiger partial charge in [0.15, 0.2) is 0 Å². The second-order valence-electron chi connectivity index (χ2n) is 3.87. The van der Waals surface area contributed by atoms with Gasteiger partial charge in [0.1, 0.15) is 6.04 Å². The maximum atomic E-state index is 11.6. The number of rotatable bonds is 2. The lowest BCUT2D eigenvalue weighted by atomic mass is 10.2. The van der Waals surface area contributed by atoms with E-state index < -0.39 is 0 Å². The van der Waals surface area contributed by atoms with Gasteiger partial charge in [-0.05, 0) is 25.7 Å². The molecule has 0 spiro atoms. The van der Waals surface area contributed by atoms with Crippen LogP contribution in [0.3, 0.4) is 0 Å². The summed E-state index contributed by atoms with van der Waals surface area (Å²) in [7, 11) is 0. The first-order valence-corrected chi connectivity index (χ1v) is 4.80. The van der Waals surface area contributed by atoms with Gasteiger partial charge in [0.2, 0.25) is 11.8 Å². The van der Waals surface area contributed by atoms with E-state index in [-0.39, 0.29) is 23.8 Å². The molecule has 2 fully saturated rings. The van der Waals surface area contributed by atoms with Crippen molar-refractivity contribution in [1.82, 2.24) is 4.90 Å². The molecule has 1 saturated carbocycles. The number of nitrogens with two attached hydrogens (primary N) is 1. The van der Waals surface area contributed by atoms with Crippen LogP contribution >= 0.6 is 0 Å². The third-order valence-corrected chi connectivity index (χ3v) is 2.79. The predicted octanol–water partition coefficient (Wildman–Crippen LogP) is -0.127. The first kappa shape index (κ1) is 8.53. The van der Waals surface area contributed by atoms with Gasteiger partial charge in [-0.3, -0.25) is 9.59 Å². The van der Waals surface area contributed by atoms with Crippen molar-refractivity contribution >= 4 is 11.8 Å². The van der Waals surface area contributed by atoms with E-state index in [1.54, 1.807) is 4.90 Å². The highest BCUT2D eigenvalue weighted by molar-refractivity contribution is 5.89. The Morgan fingerprint density at radius 1 is 1.23 bits per heavy atom. The van der Waals surface area contributed by atoms with Crippen LogP contribution in [0.1, 0.15) is 25.7 Å². The number of nitrogens with zero attached hydrogens (tertiary/aromatic N) is 1. The fourth-order valence-corrected chi connectivity index (χ4v) is 1.89. The number of hydrogen-bond donors (Lipinski definition) is 1. The Morgan fingerprint density at radius 2 is 1.92 bits per heavy atom. The third kappa shape index (κ3) is 1.53. The highest BCUT2D eigenvalue weighted by Gasteiger charge is 2.39. The van der Waals surface area contributed by atoms with Crippen LogP contribution in [0.2, 0.25) is 0 Å². The zero-order valence-corrected chi connectivity index (χ0v) is 7.53. The molecule has 4 nitrogen and oxygen atoms in total. The summed E-state index contributed by atoms with van der Waals surface area (Å²) in [6.07, 6.45) is 3.63. The van der Waals surface area contributed by atoms with Crippen molar-refractivity contribution in [3.05, 3.63) is 0 Å². The molecule has 4 heteroatoms. The van der Waals surface area contributed by atoms with Crippen molar-refractivity contribution in [1.29, 1.82) is 0 Å². The predicted molar refractivity (Wildman–Crippen MR) is 46.7 cm³/mol. The topological polar surface area (TPSA) is 63.4 Å². The van der Waals surface area contributed by atoms with Crippen molar-refractivity contribution in [3.63, 3.8) is 0 Å². The third-order valence-electron chi connectivity index (χ3n) is 2.79. The van der Waals surface area contributed by atoms with Gasteiger partial charge in [-0.2, -0.15) is 0 Å². The SMILES string of the molecule is NC(=O)[C@H]1CCCN1C(=O)C1CC1. The van der Waals surface area contributed by atoms with E-state index in [4.69, 9.17) is 5.73 Å². The molecular formula is C9H14N2O2. The van der Waals surface area contributed by atoms with Gasteiger partial charge in [-0.15, -0.1) is 0 Å². The van der Waals surface area contributed by atoms with Crippen LogP contribution in [0.5, 0.6) is 0 Å². The number of carbonyl (C=O) groups is 2. The van der Waals surface area contributed by atoms with Crippen molar-refractivity contribution in [2.75, 3.05) is 6.54 Å². The second kappa shape index (κ2) is 3.01. The molecule has 0 aromatic carbocycles. The molecule has 1 heterocycles. The lowest BCUT2D eigenvalue weighted by Crippen LogP contribution is -2.44. The zero-order valence-electron chi connectivity index (χ0n) is 7.53. The molecule has 13 heavy (non-hydrogen) atoms. The Hall–Kier alpha value is -1.06. The summed E-state index contributed by atoms with van der Waals surface area (Å²) in [5.41, 5.74) is 5.21. The maximum absolute atomic E-state index is 11.6. The molecule has 1 aliphatic heterocycles. The smallest absolute Gasteiger partial charge is 0.240 e. The molecule has 72 valence electrons. The summed E-state index contributed by atoms with van der Waals surface area (Å²) in [5.74, 6) is -0.0206. The van der Waals surface area contributed by atoms with Gasteiger partial charge in [0, 0.05) is 12.5 Å². The van der Waals surface area contributed by atoms with Crippen LogP contribution in [0.15, 0.2) is 0 Å². The first-order chi connectivity index (χ1) is 6.20. The van der Waals surface area contributed by atoms with E-state index in [9.17, 15) is 9.59 Å². The monoisotopic (exact) mass is 182 g/mol. The van der Waals surface area contributed by atoms with Crippen molar-refractivity contribution < 1.29 is 9.59 Å². The van der Waals surface area contributed by atoms with Gasteiger partial charge in [-0.1, -0.05) is 0 Å². The number of carbonyl (C=O) groups excluding carboxylic acids is 2. The maximum Gasteiger partial charge on any atom is 0.240 e. The summed E-state index contributed by atoms with van der Waals surface area (Å²) in [4.78, 5) is 24.3. The molecule has 2 N–H and O–H groups in total. The van der Waals surface area contributed by atoms with Crippen molar-refractivity contribution in [3.8, 4) is 0 Å². The van der Waals surface area contributed by atoms with Crippen LogP contribution in [0, 0.1) is 5.92 Å². The van der Waals surface area contributed by atoms with E-state index in [1.165, 1.54) is 0 Å². The molecule has 0 bridgehead atoms. The summed E-state index contributed by atoms with van der Waals surface area (Å²) >= 11 is 0. The number of hydrogen-bond acceptors (Lipinski definition) is 2. The molecule has 2 aliphatic rings. The van der Waals surface area contributed by atoms with Crippen LogP contribution in [0.4, 0.5) is 0 Å². The van der Waals surface area contributed by atoms with Gasteiger partial charge in [0.05, 0.1) is 0 Å². The van der Waals surface area contributed by atoms with Gasteiger partial charge in [0.25, 0.3) is 0 Å². The molecule has 1 aliphatic carbocycles. The minimum Gasteiger partial charge on any atom is -0.368 e. The van der Waals surface area contributed by atoms with E-state index in [0.29, 0.717) is 6.54 Å². The Labute approximate surface area is 77.1 Å². The summed E-state index contributed by atoms with van der Waals surface area (Å²) in [6, 6.07) is -0.326. The van der Waals surface area contributed by atoms with Crippen molar-refractivity contribution in [2.24, 2.45) is 11.7 Å². The summed E-state index contributed by atoms with van der Waals surface area (Å²) in [6.45, 7) is 0.711. The van der Waals surface area contributed by atoms with Gasteiger partial charge >= 0.3 is 0 Å². The molecular weight excluding hydrogens is 168 g/mol. The Morgan fingerprint density at radius 3 is 2.46 bits per heavy atom. The average Bonchev–Trinajstić information content (AvgIpc) is 2.80. The lowest BCUT2D eigenvalue weighted by Gasteiger charge is -2.21. The van der Waals surface area contributed by atoms with E-state index >= 15 is 0 Å². The van der Waals surface area contributed by atoms with Crippen LogP contribution < -0.4 is 5.73 Å². The normalized spacial score (nSPS) is 27.7. The van der Waals surface area contributed by atoms with Crippen LogP contribution in [-0.2, 0) is 9.59 Å². The quantitative estimate of drug-likeness (QED) is 0.646. The largest absolute Gasteiger partial charge is 0.368 e. The molecule has 1 atom stereocenters. The fraction of sp³-hybridized carbons (Fsp3) is 0.778. The highest BCUT2D eigenvalue weighted by Crippen LogP contribution is 2.33. The standard InChI is InChI=1S/C9H14N2O2/c10-8(12)7-2-1-5-11(7)9(13)6-3-4-6/h6-7H,1-5H2,(H2,10,12)/t7-/m1/s1. The molecule has 0 aromatic rings. The molecule has 0 unspecified atom stereocenters. The van der Waals surface area contributed by atoms with E-state index in [1.807, 2.05) is 0 Å². The average molecular weight is 182 g/mol. The van der Waals surface area contributed by atoms with Gasteiger partial charge < -0.3 is 10.6 Å². The number of primary amides is 1. The Kier molecular flexibility index (Phi) is 1.98. The molecule has 2 amide bonds. The molecule has 0 aromatic heterocycles. The molecule has 2 rings (SSSR count). The summed E-state index contributed by atoms with van der Waals surface area (Å²) < 4.78 is 0. The second-order valence-corrected chi connectivity index (χ2v) is 3.87. The fourth-order valence-electron chi connectivity index (χ4n) is 1.89. The van der Waals surface area contributed by atoms with Gasteiger partial charge in [-0.25, -0.2) is 0 Å². The highest BCUT2D eigenvalue weighted by atomic mass is 16.2. The van der Waals surface area contributed by atoms with E-state index in [2.05, 4.69) is 0 Å². The van der Waals surface area contributed by atoms with Crippen LogP contribution in [0.25, 0.3) is 0 Å². The van der Waals surface area contributed by atoms with Crippen LogP contribution in [-0.4, -0.2) is 29.3 Å². The minimum atomic E-state index is -0.355. The number of likely N-dealkylation sites (tertiary alicyclic amines) is 1. The lowest BCUT2D eigenvalue weighted by molar-refractivity contribution is -0.138. The Bertz CT molecular complexity index is 248. The molecule has 0 radical (unpaired) electrons. The first-order valence-electron chi connectivity index (χ1n) is 4.80. The molecule has 1 saturated heterocycles. The Balaban J connectivity index is 2.03. The summed E-state index contributed by atoms with van der Waals surface area (Å²) in [5, 5.41) is 0. The van der Waals surface area contributed by atoms with E-state index in [0.717, 1.165) is 25.7 Å².